The molecule has 4 aromatic heterocycles. The summed E-state index contributed by atoms with van der Waals surface area (Å²) >= 11 is 0. The molecule has 0 aliphatic heterocycles. The summed E-state index contributed by atoms with van der Waals surface area (Å²) in [6.07, 6.45) is 3.61. The minimum absolute atomic E-state index is 0.0988. The van der Waals surface area contributed by atoms with Gasteiger partial charge in [-0.1, -0.05) is 24.0 Å². The number of nitrogens with one attached hydrogen (secondary N) is 3. The molecule has 20 heteroatoms. The number of hydrogen-bond acceptors (Lipinski definition) is 12. The van der Waals surface area contributed by atoms with E-state index in [0.29, 0.717) is 63.7 Å². The lowest BCUT2D eigenvalue weighted by molar-refractivity contribution is 0.0537. The summed E-state index contributed by atoms with van der Waals surface area (Å²) < 4.78 is 18.4. The van der Waals surface area contributed by atoms with Crippen LogP contribution in [0, 0.1) is 25.7 Å². The van der Waals surface area contributed by atoms with Gasteiger partial charge in [-0.15, -0.1) is 0 Å². The summed E-state index contributed by atoms with van der Waals surface area (Å²) in [5, 5.41) is 24.7. The number of carbonyl (C=O) groups is 4. The van der Waals surface area contributed by atoms with Crippen LogP contribution in [0.15, 0.2) is 48.6 Å². The third-order valence-corrected chi connectivity index (χ3v) is 9.33. The number of aryl methyl sites for hydroxylation is 4. The molecule has 0 atom stereocenters. The van der Waals surface area contributed by atoms with Crippen LogP contribution in [0.3, 0.4) is 0 Å². The molecule has 4 amide bonds. The number of anilines is 2. The Morgan fingerprint density at radius 2 is 1.27 bits per heavy atom. The first-order valence-corrected chi connectivity index (χ1v) is 19.5. The van der Waals surface area contributed by atoms with Crippen molar-refractivity contribution >= 4 is 57.6 Å². The predicted molar refractivity (Wildman–Crippen MR) is 229 cm³/mol. The Bertz CT molecular complexity index is 2790. The van der Waals surface area contributed by atoms with Gasteiger partial charge in [0.05, 0.1) is 36.6 Å². The Kier molecular flexibility index (Phi) is 13.1. The first kappa shape index (κ1) is 44.1. The molecule has 4 heterocycles. The van der Waals surface area contributed by atoms with Gasteiger partial charge in [-0.05, 0) is 77.9 Å². The second-order valence-electron chi connectivity index (χ2n) is 14.5. The number of nitrogens with zero attached hydrogens (tertiary/aromatic N) is 8. The van der Waals surface area contributed by atoms with Crippen LogP contribution in [0.4, 0.5) is 11.9 Å². The Balaban J connectivity index is 1.43. The van der Waals surface area contributed by atoms with Crippen molar-refractivity contribution in [1.29, 1.82) is 0 Å². The molecule has 0 unspecified atom stereocenters. The van der Waals surface area contributed by atoms with Gasteiger partial charge in [-0.3, -0.25) is 44.0 Å². The molecule has 0 aliphatic carbocycles. The number of aliphatic hydroxyl groups is 1. The summed E-state index contributed by atoms with van der Waals surface area (Å²) in [6, 6.07) is 9.38. The van der Waals surface area contributed by atoms with Crippen molar-refractivity contribution in [2.24, 2.45) is 5.73 Å². The summed E-state index contributed by atoms with van der Waals surface area (Å²) in [4.78, 5) is 67.0. The number of benzene rings is 2. The molecular weight excluding hydrogens is 801 g/mol. The number of ether oxygens (including phenoxy) is 2. The summed E-state index contributed by atoms with van der Waals surface area (Å²) in [7, 11) is 2.77. The number of rotatable bonds is 16. The number of methoxy groups -OCH3 is 1. The van der Waals surface area contributed by atoms with E-state index in [-0.39, 0.29) is 48.5 Å². The molecule has 6 rings (SSSR count). The van der Waals surface area contributed by atoms with Crippen molar-refractivity contribution in [3.05, 3.63) is 82.5 Å². The van der Waals surface area contributed by atoms with Crippen molar-refractivity contribution in [3.8, 4) is 23.3 Å². The van der Waals surface area contributed by atoms with Gasteiger partial charge >= 0.3 is 0 Å². The van der Waals surface area contributed by atoms with Crippen molar-refractivity contribution in [1.82, 2.24) is 44.1 Å². The minimum atomic E-state index is -1.27. The molecule has 0 aliphatic rings. The summed E-state index contributed by atoms with van der Waals surface area (Å²) in [5.41, 5.74) is 10.5. The Morgan fingerprint density at radius 3 is 1.74 bits per heavy atom. The highest BCUT2D eigenvalue weighted by molar-refractivity contribution is 6.05. The molecule has 0 fully saturated rings. The van der Waals surface area contributed by atoms with Gasteiger partial charge in [0, 0.05) is 37.3 Å². The number of fused-ring (bicyclic) bond motifs is 2. The van der Waals surface area contributed by atoms with Crippen LogP contribution in [0.25, 0.3) is 22.1 Å². The standard InChI is InChI=1S/C42H48N12O8/c1-9-53-30(18-24(3)48-53)38(57)46-40-45-29-21-27(37(56)50-61-8)23-32(60-7)34(29)51(40)15-11-12-16-52-35-28(44-41(52)47-39(58)31-19-25(4)49-54(31)10-2)20-26(36(43)55)22-33(35)62-17-13-14-42(5,6)59/h11-12,18-23,59H,9-10,15-17H2,1-8H3,(H2,43,55)(H,50,56)(H,44,47,58)(H,45,46,57)/b12-11+. The molecule has 0 saturated carbocycles. The van der Waals surface area contributed by atoms with E-state index < -0.39 is 29.2 Å². The summed E-state index contributed by atoms with van der Waals surface area (Å²) in [5.74, 6) is 4.06. The number of amides is 4. The van der Waals surface area contributed by atoms with Gasteiger partial charge in [0.2, 0.25) is 17.8 Å². The molecule has 324 valence electrons. The van der Waals surface area contributed by atoms with Crippen LogP contribution in [0.2, 0.25) is 0 Å². The monoisotopic (exact) mass is 848 g/mol. The number of imidazole rings is 2. The highest BCUT2D eigenvalue weighted by atomic mass is 16.6. The number of carbonyl (C=O) groups excluding carboxylic acids is 4. The van der Waals surface area contributed by atoms with Gasteiger partial charge < -0.3 is 29.4 Å². The fourth-order valence-electron chi connectivity index (χ4n) is 6.69. The van der Waals surface area contributed by atoms with Crippen LogP contribution in [0.1, 0.15) is 80.8 Å². The van der Waals surface area contributed by atoms with E-state index in [4.69, 9.17) is 30.0 Å². The smallest absolute Gasteiger partial charge is 0.276 e. The van der Waals surface area contributed by atoms with E-state index in [1.165, 1.54) is 46.3 Å². The third kappa shape index (κ3) is 9.59. The summed E-state index contributed by atoms with van der Waals surface area (Å²) in [6.45, 7) is 11.4. The van der Waals surface area contributed by atoms with Crippen LogP contribution in [-0.2, 0) is 31.0 Å². The normalized spacial score (nSPS) is 11.5. The minimum Gasteiger partial charge on any atom is -0.494 e. The highest BCUT2D eigenvalue weighted by Crippen LogP contribution is 2.33. The lowest BCUT2D eigenvalue weighted by Crippen LogP contribution is -2.21. The first-order valence-electron chi connectivity index (χ1n) is 19.5. The average molecular weight is 849 g/mol. The number of nitrogens with two attached hydrogens (primary N) is 1. The van der Waals surface area contributed by atoms with Crippen LogP contribution in [-0.4, -0.2) is 93.8 Å². The van der Waals surface area contributed by atoms with Gasteiger partial charge in [-0.2, -0.15) is 10.2 Å². The average Bonchev–Trinajstić information content (AvgIpc) is 3.99. The molecule has 0 bridgehead atoms. The zero-order valence-electron chi connectivity index (χ0n) is 35.6. The quantitative estimate of drug-likeness (QED) is 0.0531. The number of hydroxylamine groups is 1. The largest absolute Gasteiger partial charge is 0.494 e. The molecule has 20 nitrogen and oxygen atoms in total. The van der Waals surface area contributed by atoms with E-state index >= 15 is 0 Å². The van der Waals surface area contributed by atoms with Gasteiger partial charge in [0.25, 0.3) is 17.7 Å². The number of hydrogen-bond donors (Lipinski definition) is 5. The Hall–Kier alpha value is -7.50. The van der Waals surface area contributed by atoms with Crippen molar-refractivity contribution in [2.75, 3.05) is 31.5 Å². The first-order chi connectivity index (χ1) is 29.5. The van der Waals surface area contributed by atoms with Crippen molar-refractivity contribution in [3.63, 3.8) is 0 Å². The second kappa shape index (κ2) is 18.4. The second-order valence-corrected chi connectivity index (χ2v) is 14.5. The number of primary amides is 1. The van der Waals surface area contributed by atoms with Gasteiger partial charge in [0.1, 0.15) is 46.1 Å². The highest BCUT2D eigenvalue weighted by Gasteiger charge is 2.24. The predicted octanol–water partition coefficient (Wildman–Crippen LogP) is 3.75. The lowest BCUT2D eigenvalue weighted by Gasteiger charge is -2.13. The van der Waals surface area contributed by atoms with Crippen LogP contribution >= 0.6 is 0 Å². The number of aromatic nitrogens is 8. The molecular formula is C42H48N12O8. The Labute approximate surface area is 356 Å². The van der Waals surface area contributed by atoms with E-state index in [9.17, 15) is 24.3 Å². The molecule has 0 spiro atoms. The maximum absolute atomic E-state index is 13.8. The van der Waals surface area contributed by atoms with Crippen LogP contribution < -0.4 is 31.3 Å². The Morgan fingerprint density at radius 1 is 0.774 bits per heavy atom. The van der Waals surface area contributed by atoms with E-state index in [2.05, 4.69) is 38.2 Å². The fraction of sp³-hybridized carbons (Fsp3) is 0.333. The van der Waals surface area contributed by atoms with Gasteiger partial charge in [-0.25, -0.2) is 15.4 Å². The van der Waals surface area contributed by atoms with Crippen molar-refractivity contribution < 1.29 is 38.6 Å². The third-order valence-electron chi connectivity index (χ3n) is 9.33. The molecule has 0 radical (unpaired) electrons. The molecule has 2 aromatic carbocycles. The molecule has 6 aromatic rings. The van der Waals surface area contributed by atoms with E-state index in [0.717, 1.165) is 0 Å². The van der Waals surface area contributed by atoms with Crippen LogP contribution in [0.5, 0.6) is 11.5 Å². The van der Waals surface area contributed by atoms with Gasteiger partial charge in [0.15, 0.2) is 0 Å². The number of allylic oxidation sites excluding steroid dienone is 2. The fourth-order valence-corrected chi connectivity index (χ4v) is 6.69. The maximum Gasteiger partial charge on any atom is 0.276 e. The zero-order chi connectivity index (χ0) is 44.9. The van der Waals surface area contributed by atoms with E-state index in [1.807, 2.05) is 19.9 Å². The topological polar surface area (TPSA) is 250 Å². The molecule has 0 saturated heterocycles. The van der Waals surface area contributed by atoms with E-state index in [1.54, 1.807) is 56.6 Å². The zero-order valence-corrected chi connectivity index (χ0v) is 35.6. The molecule has 6 N–H and O–H groups in total. The maximum atomic E-state index is 13.8. The lowest BCUT2D eigenvalue weighted by atomic mass is 10.1. The van der Waals surface area contributed by atoms with Crippen molar-refractivity contribution in [2.45, 2.75) is 73.3 Å². The molecule has 62 heavy (non-hydrogen) atoms. The SMILES string of the molecule is CCn1nc(C)cc1C(=O)Nc1nc2cc(C(=O)NOC)cc(OC)c2n1C/C=C/Cn1c(NC(=O)c2cc(C)nn2CC)nc2cc(C(N)=O)cc(OCC#CC(C)(C)O)c21.